The summed E-state index contributed by atoms with van der Waals surface area (Å²) in [7, 11) is 6.24. The summed E-state index contributed by atoms with van der Waals surface area (Å²) < 4.78 is 12.3. The third-order valence-electron chi connectivity index (χ3n) is 9.37. The molecule has 0 radical (unpaired) electrons. The number of hydrogen-bond acceptors (Lipinski definition) is 6. The van der Waals surface area contributed by atoms with Crippen LogP contribution in [-0.2, 0) is 23.9 Å². The normalized spacial score (nSPS) is 15.1. The van der Waals surface area contributed by atoms with Crippen LogP contribution in [0.4, 0.5) is 0 Å². The average molecular weight is 690 g/mol. The lowest BCUT2D eigenvalue weighted by atomic mass is 9.97. The van der Waals surface area contributed by atoms with Crippen LogP contribution < -0.4 is 5.32 Å². The number of nitrogens with zero attached hydrogens (tertiary/aromatic N) is 2. The highest BCUT2D eigenvalue weighted by atomic mass is 16.5. The fourth-order valence-electron chi connectivity index (χ4n) is 6.09. The molecule has 1 rings (SSSR count). The van der Waals surface area contributed by atoms with E-state index in [2.05, 4.69) is 33.4 Å². The second-order valence-corrected chi connectivity index (χ2v) is 14.7. The number of ketones is 2. The third-order valence-corrected chi connectivity index (χ3v) is 9.37. The molecule has 9 nitrogen and oxygen atoms in total. The Morgan fingerprint density at radius 3 is 2.18 bits per heavy atom. The van der Waals surface area contributed by atoms with Gasteiger partial charge in [-0.1, -0.05) is 69.9 Å². The number of benzene rings is 1. The molecule has 0 saturated heterocycles. The van der Waals surface area contributed by atoms with Crippen LogP contribution in [-0.4, -0.2) is 124 Å². The van der Waals surface area contributed by atoms with E-state index in [0.29, 0.717) is 67.7 Å². The number of Topliss-reactive ketones (excluding diaryl/α,β-unsaturated/α-hetero) is 2. The van der Waals surface area contributed by atoms with Crippen molar-refractivity contribution < 1.29 is 37.9 Å². The van der Waals surface area contributed by atoms with Gasteiger partial charge in [-0.15, -0.1) is 0 Å². The second kappa shape index (κ2) is 25.5. The van der Waals surface area contributed by atoms with Gasteiger partial charge in [-0.2, -0.15) is 0 Å². The van der Waals surface area contributed by atoms with Crippen LogP contribution in [0.2, 0.25) is 0 Å². The molecule has 0 fully saturated rings. The van der Waals surface area contributed by atoms with E-state index in [1.807, 2.05) is 51.1 Å². The minimum atomic E-state index is -0.614. The van der Waals surface area contributed by atoms with Crippen molar-refractivity contribution in [1.29, 1.82) is 0 Å². The van der Waals surface area contributed by atoms with Crippen LogP contribution in [0.1, 0.15) is 97.5 Å². The van der Waals surface area contributed by atoms with Gasteiger partial charge in [0.15, 0.2) is 11.9 Å². The maximum Gasteiger partial charge on any atom is 0.244 e. The summed E-state index contributed by atoms with van der Waals surface area (Å²) in [6.45, 7) is 13.5. The fourth-order valence-corrected chi connectivity index (χ4v) is 6.09. The zero-order valence-corrected chi connectivity index (χ0v) is 32.1. The summed E-state index contributed by atoms with van der Waals surface area (Å²) in [6, 6.07) is 9.72. The second-order valence-electron chi connectivity index (χ2n) is 14.7. The summed E-state index contributed by atoms with van der Waals surface area (Å²) in [6.07, 6.45) is 11.0. The molecule has 0 bridgehead atoms. The number of aliphatic hydroxyl groups excluding tert-OH is 1. The van der Waals surface area contributed by atoms with Gasteiger partial charge in [0.25, 0.3) is 0 Å². The van der Waals surface area contributed by atoms with Gasteiger partial charge in [-0.25, -0.2) is 0 Å². The molecule has 4 unspecified atom stereocenters. The van der Waals surface area contributed by atoms with Crippen molar-refractivity contribution in [2.75, 3.05) is 80.2 Å². The van der Waals surface area contributed by atoms with Crippen molar-refractivity contribution in [1.82, 2.24) is 5.32 Å². The molecule has 0 heterocycles. The van der Waals surface area contributed by atoms with Crippen molar-refractivity contribution in [3.63, 3.8) is 0 Å². The van der Waals surface area contributed by atoms with Gasteiger partial charge in [-0.05, 0) is 44.7 Å². The van der Waals surface area contributed by atoms with Crippen LogP contribution in [0, 0.1) is 5.92 Å². The Bertz CT molecular complexity index is 1040. The highest BCUT2D eigenvalue weighted by Gasteiger charge is 2.32. The summed E-state index contributed by atoms with van der Waals surface area (Å²) in [5, 5.41) is 14.3. The van der Waals surface area contributed by atoms with Gasteiger partial charge >= 0.3 is 0 Å². The number of aliphatic hydroxyl groups is 1. The van der Waals surface area contributed by atoms with Gasteiger partial charge in [0.05, 0.1) is 53.6 Å². The third kappa shape index (κ3) is 22.1. The van der Waals surface area contributed by atoms with Crippen LogP contribution in [0.15, 0.2) is 36.4 Å². The predicted molar refractivity (Wildman–Crippen MR) is 200 cm³/mol. The van der Waals surface area contributed by atoms with Crippen LogP contribution in [0.5, 0.6) is 0 Å². The van der Waals surface area contributed by atoms with Crippen LogP contribution in [0.25, 0.3) is 6.08 Å². The topological polar surface area (TPSA) is 102 Å². The first-order chi connectivity index (χ1) is 23.3. The number of carbonyl (C=O) groups excluding carboxylic acids is 3. The summed E-state index contributed by atoms with van der Waals surface area (Å²) in [4.78, 5) is 38.5. The van der Waals surface area contributed by atoms with E-state index in [0.717, 1.165) is 63.7 Å². The van der Waals surface area contributed by atoms with Crippen LogP contribution >= 0.6 is 0 Å². The molecule has 1 amide bonds. The number of carbonyl (C=O) groups is 3. The Balaban J connectivity index is 2.71. The van der Waals surface area contributed by atoms with Gasteiger partial charge in [0, 0.05) is 44.8 Å². The number of hydrogen-bond donors (Lipinski definition) is 2. The molecule has 4 atom stereocenters. The number of amides is 1. The Hall–Kier alpha value is -2.43. The summed E-state index contributed by atoms with van der Waals surface area (Å²) in [5.74, 6) is 0.164. The molecule has 0 aliphatic rings. The van der Waals surface area contributed by atoms with Gasteiger partial charge in [-0.3, -0.25) is 14.4 Å². The van der Waals surface area contributed by atoms with E-state index in [1.165, 1.54) is 6.42 Å². The van der Waals surface area contributed by atoms with E-state index in [-0.39, 0.29) is 23.4 Å². The number of rotatable bonds is 30. The molecule has 1 aromatic carbocycles. The smallest absolute Gasteiger partial charge is 0.244 e. The van der Waals surface area contributed by atoms with E-state index in [4.69, 9.17) is 9.47 Å². The molecular formula is C40H71N3O6+2. The molecule has 0 aliphatic carbocycles. The molecule has 0 spiro atoms. The van der Waals surface area contributed by atoms with Crippen LogP contribution in [0.3, 0.4) is 0 Å². The van der Waals surface area contributed by atoms with Gasteiger partial charge in [0.1, 0.15) is 25.0 Å². The lowest BCUT2D eigenvalue weighted by Crippen LogP contribution is -2.56. The lowest BCUT2D eigenvalue weighted by Gasteiger charge is -2.39. The molecule has 0 aliphatic heterocycles. The first kappa shape index (κ1) is 44.6. The van der Waals surface area contributed by atoms with E-state index in [1.54, 1.807) is 12.2 Å². The standard InChI is InChI=1S/C40H70N3O6/c1-8-10-11-16-31-49-35(4)39(46)25-29-43(7,28-24-38(45)34(3)19-15-17-30-48-9-2)33-37(44)32-42(5,6)27-18-26-41-40(47)23-22-36-20-13-12-14-21-36/h12-14,20-23,34-35,37,44H,8-11,15-19,24-33H2,1-7H3/q+1/p+1. The molecular weight excluding hydrogens is 618 g/mol. The Labute approximate surface area is 298 Å². The zero-order chi connectivity index (χ0) is 36.5. The molecule has 280 valence electrons. The number of nitrogens with one attached hydrogen (secondary N) is 1. The van der Waals surface area contributed by atoms with Gasteiger partial charge < -0.3 is 28.9 Å². The van der Waals surface area contributed by atoms with E-state index in [9.17, 15) is 19.5 Å². The average Bonchev–Trinajstić information content (AvgIpc) is 3.06. The predicted octanol–water partition coefficient (Wildman–Crippen LogP) is 5.84. The number of likely N-dealkylation sites (N-methyl/N-ethyl adjacent to an activating group) is 2. The summed E-state index contributed by atoms with van der Waals surface area (Å²) in [5.41, 5.74) is 0.979. The molecule has 9 heteroatoms. The minimum absolute atomic E-state index is 0.0207. The number of ether oxygens (including phenoxy) is 2. The first-order valence-electron chi connectivity index (χ1n) is 18.9. The monoisotopic (exact) mass is 690 g/mol. The zero-order valence-electron chi connectivity index (χ0n) is 32.1. The molecule has 49 heavy (non-hydrogen) atoms. The lowest BCUT2D eigenvalue weighted by molar-refractivity contribution is -0.925. The maximum absolute atomic E-state index is 13.1. The Morgan fingerprint density at radius 2 is 1.51 bits per heavy atom. The first-order valence-corrected chi connectivity index (χ1v) is 18.9. The highest BCUT2D eigenvalue weighted by molar-refractivity contribution is 5.91. The molecule has 0 aromatic heterocycles. The number of quaternary nitrogens is 2. The summed E-state index contributed by atoms with van der Waals surface area (Å²) >= 11 is 0. The maximum atomic E-state index is 13.1. The fraction of sp³-hybridized carbons (Fsp3) is 0.725. The quantitative estimate of drug-likeness (QED) is 0.0599. The Kier molecular flexibility index (Phi) is 23.2. The van der Waals surface area contributed by atoms with Crippen molar-refractivity contribution in [3.05, 3.63) is 42.0 Å². The molecule has 2 N–H and O–H groups in total. The molecule has 0 saturated carbocycles. The van der Waals surface area contributed by atoms with Crippen molar-refractivity contribution in [2.45, 2.75) is 104 Å². The van der Waals surface area contributed by atoms with Crippen molar-refractivity contribution in [2.24, 2.45) is 5.92 Å². The molecule has 1 aromatic rings. The Morgan fingerprint density at radius 1 is 0.837 bits per heavy atom. The minimum Gasteiger partial charge on any atom is -0.382 e. The highest BCUT2D eigenvalue weighted by Crippen LogP contribution is 2.17. The van der Waals surface area contributed by atoms with E-state index < -0.39 is 12.2 Å². The van der Waals surface area contributed by atoms with E-state index >= 15 is 0 Å². The number of unbranched alkanes of at least 4 members (excludes halogenated alkanes) is 4. The SMILES string of the molecule is CCCCCCOC(C)C(=O)CC[N+](C)(CCC(=O)C(C)CCCCOCC)CC(O)C[N+](C)(C)CCCNC(=O)C=Cc1ccccc1. The van der Waals surface area contributed by atoms with Gasteiger partial charge in [0.2, 0.25) is 5.91 Å². The van der Waals surface area contributed by atoms with Crippen molar-refractivity contribution >= 4 is 23.5 Å². The van der Waals surface area contributed by atoms with Crippen molar-refractivity contribution in [3.8, 4) is 0 Å². The largest absolute Gasteiger partial charge is 0.382 e.